The second kappa shape index (κ2) is 6.15. The van der Waals surface area contributed by atoms with E-state index in [2.05, 4.69) is 4.74 Å². The Balaban J connectivity index is 2.94. The van der Waals surface area contributed by atoms with E-state index in [1.165, 1.54) is 20.5 Å². The van der Waals surface area contributed by atoms with E-state index in [0.717, 1.165) is 5.56 Å². The number of carbonyl (C=O) groups is 1. The molecule has 0 aliphatic rings. The van der Waals surface area contributed by atoms with Crippen molar-refractivity contribution in [1.82, 2.24) is 0 Å². The molecule has 4 nitrogen and oxygen atoms in total. The summed E-state index contributed by atoms with van der Waals surface area (Å²) in [6.07, 6.45) is 1.18. The number of rotatable bonds is 4. The maximum absolute atomic E-state index is 11.4. The molecule has 0 heterocycles. The topological polar surface area (TPSA) is 44.8 Å². The number of halogens is 1. The van der Waals surface area contributed by atoms with Crippen molar-refractivity contribution in [2.75, 3.05) is 14.2 Å². The van der Waals surface area contributed by atoms with Gasteiger partial charge < -0.3 is 14.2 Å². The van der Waals surface area contributed by atoms with Gasteiger partial charge in [-0.15, -0.1) is 0 Å². The molecule has 0 atom stereocenters. The van der Waals surface area contributed by atoms with Crippen LogP contribution in [0.1, 0.15) is 5.56 Å². The molecule has 0 saturated carbocycles. The van der Waals surface area contributed by atoms with E-state index in [-0.39, 0.29) is 5.76 Å². The number of hydrogen-bond donors (Lipinski definition) is 0. The molecular formula is C12H13ClO4. The van der Waals surface area contributed by atoms with Crippen LogP contribution in [0.5, 0.6) is 5.75 Å². The number of carbonyl (C=O) groups excluding carboxylic acids is 1. The summed E-state index contributed by atoms with van der Waals surface area (Å²) in [6, 6.07) is 5.08. The first kappa shape index (κ1) is 13.4. The van der Waals surface area contributed by atoms with E-state index in [1.54, 1.807) is 18.2 Å². The van der Waals surface area contributed by atoms with Crippen LogP contribution in [-0.4, -0.2) is 20.2 Å². The minimum absolute atomic E-state index is 0.0274. The lowest BCUT2D eigenvalue weighted by Crippen LogP contribution is -2.11. The molecule has 17 heavy (non-hydrogen) atoms. The Labute approximate surface area is 105 Å². The lowest BCUT2D eigenvalue weighted by molar-refractivity contribution is -0.138. The number of hydrogen-bond acceptors (Lipinski definition) is 4. The first-order valence-corrected chi connectivity index (χ1v) is 5.21. The summed E-state index contributed by atoms with van der Waals surface area (Å²) in [5.41, 5.74) is 0.809. The average Bonchev–Trinajstić information content (AvgIpc) is 2.30. The fourth-order valence-electron chi connectivity index (χ4n) is 1.17. The smallest absolute Gasteiger partial charge is 0.377 e. The molecular weight excluding hydrogens is 244 g/mol. The molecule has 0 fully saturated rings. The Morgan fingerprint density at radius 1 is 1.35 bits per heavy atom. The predicted octanol–water partition coefficient (Wildman–Crippen LogP) is 2.69. The van der Waals surface area contributed by atoms with E-state index >= 15 is 0 Å². The number of esters is 1. The molecule has 1 rings (SSSR count). The normalized spacial score (nSPS) is 10.9. The molecule has 0 spiro atoms. The third-order valence-electron chi connectivity index (χ3n) is 1.97. The van der Waals surface area contributed by atoms with Crippen molar-refractivity contribution in [3.05, 3.63) is 40.8 Å². The SMILES string of the molecule is COC=C(Oc1ccc(Cl)cc1C)C(=O)OC. The monoisotopic (exact) mass is 256 g/mol. The van der Waals surface area contributed by atoms with Crippen LogP contribution in [0.3, 0.4) is 0 Å². The van der Waals surface area contributed by atoms with E-state index in [4.69, 9.17) is 21.1 Å². The Kier molecular flexibility index (Phi) is 4.84. The maximum Gasteiger partial charge on any atom is 0.377 e. The van der Waals surface area contributed by atoms with E-state index in [1.807, 2.05) is 6.92 Å². The Morgan fingerprint density at radius 2 is 2.06 bits per heavy atom. The molecule has 0 unspecified atom stereocenters. The van der Waals surface area contributed by atoms with Crippen LogP contribution in [0.25, 0.3) is 0 Å². The predicted molar refractivity (Wildman–Crippen MR) is 63.9 cm³/mol. The standard InChI is InChI=1S/C12H13ClO4/c1-8-6-9(13)4-5-10(8)17-11(7-15-2)12(14)16-3/h4-7H,1-3H3. The van der Waals surface area contributed by atoms with Gasteiger partial charge in [0.15, 0.2) is 0 Å². The van der Waals surface area contributed by atoms with Gasteiger partial charge in [-0.05, 0) is 30.7 Å². The van der Waals surface area contributed by atoms with Crippen LogP contribution >= 0.6 is 11.6 Å². The molecule has 0 aromatic heterocycles. The third-order valence-corrected chi connectivity index (χ3v) is 2.20. The molecule has 1 aromatic rings. The minimum Gasteiger partial charge on any atom is -0.500 e. The van der Waals surface area contributed by atoms with Gasteiger partial charge in [0.1, 0.15) is 12.0 Å². The molecule has 0 amide bonds. The fourth-order valence-corrected chi connectivity index (χ4v) is 1.39. The molecule has 92 valence electrons. The van der Waals surface area contributed by atoms with Crippen molar-refractivity contribution in [1.29, 1.82) is 0 Å². The van der Waals surface area contributed by atoms with Crippen LogP contribution in [0.2, 0.25) is 5.02 Å². The van der Waals surface area contributed by atoms with Gasteiger partial charge >= 0.3 is 5.97 Å². The van der Waals surface area contributed by atoms with Gasteiger partial charge in [0.05, 0.1) is 14.2 Å². The molecule has 0 aliphatic carbocycles. The van der Waals surface area contributed by atoms with Gasteiger partial charge in [0, 0.05) is 5.02 Å². The molecule has 0 radical (unpaired) electrons. The number of methoxy groups -OCH3 is 2. The summed E-state index contributed by atoms with van der Waals surface area (Å²) in [4.78, 5) is 11.4. The van der Waals surface area contributed by atoms with Gasteiger partial charge in [-0.25, -0.2) is 4.79 Å². The zero-order chi connectivity index (χ0) is 12.8. The summed E-state index contributed by atoms with van der Waals surface area (Å²) in [6.45, 7) is 1.82. The first-order valence-electron chi connectivity index (χ1n) is 4.83. The first-order chi connectivity index (χ1) is 8.08. The Hall–Kier alpha value is -1.68. The lowest BCUT2D eigenvalue weighted by atomic mass is 10.2. The van der Waals surface area contributed by atoms with Gasteiger partial charge in [-0.2, -0.15) is 0 Å². The van der Waals surface area contributed by atoms with E-state index in [9.17, 15) is 4.79 Å². The molecule has 0 aliphatic heterocycles. The summed E-state index contributed by atoms with van der Waals surface area (Å²) in [5.74, 6) is -0.121. The molecule has 5 heteroatoms. The Bertz CT molecular complexity index is 440. The van der Waals surface area contributed by atoms with Crippen LogP contribution in [-0.2, 0) is 14.3 Å². The zero-order valence-electron chi connectivity index (χ0n) is 9.82. The van der Waals surface area contributed by atoms with Gasteiger partial charge in [-0.1, -0.05) is 11.6 Å². The quantitative estimate of drug-likeness (QED) is 0.472. The lowest BCUT2D eigenvalue weighted by Gasteiger charge is -2.10. The van der Waals surface area contributed by atoms with E-state index < -0.39 is 5.97 Å². The van der Waals surface area contributed by atoms with Gasteiger partial charge in [-0.3, -0.25) is 0 Å². The maximum atomic E-state index is 11.4. The Morgan fingerprint density at radius 3 is 2.59 bits per heavy atom. The zero-order valence-corrected chi connectivity index (χ0v) is 10.6. The van der Waals surface area contributed by atoms with Gasteiger partial charge in [0.2, 0.25) is 5.76 Å². The molecule has 0 bridgehead atoms. The van der Waals surface area contributed by atoms with Crippen molar-refractivity contribution in [3.63, 3.8) is 0 Å². The average molecular weight is 257 g/mol. The van der Waals surface area contributed by atoms with E-state index in [0.29, 0.717) is 10.8 Å². The second-order valence-electron chi connectivity index (χ2n) is 3.22. The van der Waals surface area contributed by atoms with Gasteiger partial charge in [0.25, 0.3) is 0 Å². The third kappa shape index (κ3) is 3.67. The number of ether oxygens (including phenoxy) is 3. The number of aryl methyl sites for hydroxylation is 1. The van der Waals surface area contributed by atoms with Crippen molar-refractivity contribution in [3.8, 4) is 5.75 Å². The fraction of sp³-hybridized carbons (Fsp3) is 0.250. The highest BCUT2D eigenvalue weighted by atomic mass is 35.5. The van der Waals surface area contributed by atoms with Crippen LogP contribution < -0.4 is 4.74 Å². The minimum atomic E-state index is -0.610. The largest absolute Gasteiger partial charge is 0.500 e. The van der Waals surface area contributed by atoms with Crippen molar-refractivity contribution < 1.29 is 19.0 Å². The second-order valence-corrected chi connectivity index (χ2v) is 3.66. The summed E-state index contributed by atoms with van der Waals surface area (Å²) in [7, 11) is 2.69. The van der Waals surface area contributed by atoms with Crippen molar-refractivity contribution in [2.45, 2.75) is 6.92 Å². The molecule has 0 saturated heterocycles. The summed E-state index contributed by atoms with van der Waals surface area (Å²) >= 11 is 5.82. The van der Waals surface area contributed by atoms with Crippen molar-refractivity contribution in [2.24, 2.45) is 0 Å². The molecule has 1 aromatic carbocycles. The van der Waals surface area contributed by atoms with Crippen molar-refractivity contribution >= 4 is 17.6 Å². The highest BCUT2D eigenvalue weighted by Crippen LogP contribution is 2.23. The summed E-state index contributed by atoms with van der Waals surface area (Å²) < 4.78 is 14.7. The molecule has 0 N–H and O–H groups in total. The highest BCUT2D eigenvalue weighted by Gasteiger charge is 2.14. The highest BCUT2D eigenvalue weighted by molar-refractivity contribution is 6.30. The van der Waals surface area contributed by atoms with Crippen LogP contribution in [0.4, 0.5) is 0 Å². The van der Waals surface area contributed by atoms with Crippen LogP contribution in [0, 0.1) is 6.92 Å². The summed E-state index contributed by atoms with van der Waals surface area (Å²) in [5, 5.41) is 0.602. The van der Waals surface area contributed by atoms with Crippen LogP contribution in [0.15, 0.2) is 30.2 Å². The number of benzene rings is 1.